The van der Waals surface area contributed by atoms with Crippen LogP contribution in [-0.2, 0) is 19.6 Å². The van der Waals surface area contributed by atoms with Gasteiger partial charge in [-0.2, -0.15) is 0 Å². The monoisotopic (exact) mass is 290 g/mol. The Balaban J connectivity index is 2.13. The molecular formula is C15H19FN4O. The molecular weight excluding hydrogens is 271 g/mol. The zero-order valence-electron chi connectivity index (χ0n) is 12.0. The van der Waals surface area contributed by atoms with E-state index in [1.807, 2.05) is 6.92 Å². The van der Waals surface area contributed by atoms with E-state index in [-0.39, 0.29) is 23.7 Å². The third-order valence-electron chi connectivity index (χ3n) is 3.18. The Bertz CT molecular complexity index is 669. The summed E-state index contributed by atoms with van der Waals surface area (Å²) in [6, 6.07) is 4.84. The first-order valence-electron chi connectivity index (χ1n) is 6.92. The van der Waals surface area contributed by atoms with Gasteiger partial charge in [-0.1, -0.05) is 19.1 Å². The zero-order chi connectivity index (χ0) is 15.2. The van der Waals surface area contributed by atoms with E-state index < -0.39 is 0 Å². The molecule has 0 unspecified atom stereocenters. The summed E-state index contributed by atoms with van der Waals surface area (Å²) in [5.74, 6) is -0.108. The van der Waals surface area contributed by atoms with E-state index >= 15 is 0 Å². The number of nitrogens with zero attached hydrogens (tertiary/aromatic N) is 2. The number of aryl methyl sites for hydroxylation is 1. The maximum Gasteiger partial charge on any atom is 0.293 e. The largest absolute Gasteiger partial charge is 0.361 e. The average Bonchev–Trinajstić information content (AvgIpc) is 2.49. The van der Waals surface area contributed by atoms with Crippen LogP contribution in [0.1, 0.15) is 24.5 Å². The first-order valence-corrected chi connectivity index (χ1v) is 6.92. The van der Waals surface area contributed by atoms with E-state index in [1.165, 1.54) is 6.07 Å². The normalized spacial score (nSPS) is 10.6. The molecule has 5 nitrogen and oxygen atoms in total. The van der Waals surface area contributed by atoms with Crippen molar-refractivity contribution in [3.63, 3.8) is 0 Å². The Morgan fingerprint density at radius 1 is 1.43 bits per heavy atom. The van der Waals surface area contributed by atoms with E-state index in [9.17, 15) is 9.18 Å². The van der Waals surface area contributed by atoms with Crippen molar-refractivity contribution >= 4 is 5.82 Å². The van der Waals surface area contributed by atoms with Crippen molar-refractivity contribution in [2.24, 2.45) is 5.73 Å². The lowest BCUT2D eigenvalue weighted by atomic mass is 10.1. The number of benzene rings is 1. The van der Waals surface area contributed by atoms with Crippen LogP contribution < -0.4 is 16.6 Å². The SMILES string of the molecule is CCCn1ccnc(NCc2ccc(CN)cc2F)c1=O. The molecule has 0 aliphatic carbocycles. The molecule has 6 heteroatoms. The molecule has 112 valence electrons. The highest BCUT2D eigenvalue weighted by Gasteiger charge is 2.07. The summed E-state index contributed by atoms with van der Waals surface area (Å²) in [4.78, 5) is 16.1. The Kier molecular flexibility index (Phi) is 5.05. The number of rotatable bonds is 6. The molecule has 0 aliphatic rings. The highest BCUT2D eigenvalue weighted by molar-refractivity contribution is 5.34. The number of hydrogen-bond acceptors (Lipinski definition) is 4. The van der Waals surface area contributed by atoms with Gasteiger partial charge >= 0.3 is 0 Å². The van der Waals surface area contributed by atoms with Crippen LogP contribution >= 0.6 is 0 Å². The number of nitrogens with two attached hydrogens (primary N) is 1. The van der Waals surface area contributed by atoms with Crippen LogP contribution in [0.4, 0.5) is 10.2 Å². The van der Waals surface area contributed by atoms with Gasteiger partial charge in [0, 0.05) is 37.6 Å². The summed E-state index contributed by atoms with van der Waals surface area (Å²) >= 11 is 0. The Morgan fingerprint density at radius 3 is 2.90 bits per heavy atom. The molecule has 0 saturated carbocycles. The van der Waals surface area contributed by atoms with Gasteiger partial charge in [-0.05, 0) is 18.1 Å². The molecule has 0 aliphatic heterocycles. The quantitative estimate of drug-likeness (QED) is 0.851. The molecule has 1 heterocycles. The predicted octanol–water partition coefficient (Wildman–Crippen LogP) is 1.86. The molecule has 0 amide bonds. The fraction of sp³-hybridized carbons (Fsp3) is 0.333. The summed E-state index contributed by atoms with van der Waals surface area (Å²) in [5, 5.41) is 2.89. The fourth-order valence-corrected chi connectivity index (χ4v) is 2.03. The van der Waals surface area contributed by atoms with Crippen LogP contribution in [0.15, 0.2) is 35.4 Å². The van der Waals surface area contributed by atoms with Crippen molar-refractivity contribution in [2.75, 3.05) is 5.32 Å². The van der Waals surface area contributed by atoms with E-state index in [1.54, 1.807) is 29.1 Å². The zero-order valence-corrected chi connectivity index (χ0v) is 12.0. The standard InChI is InChI=1S/C15H19FN4O/c1-2-6-20-7-5-18-14(15(20)21)19-10-12-4-3-11(9-17)8-13(12)16/h3-5,7-8H,2,6,9-10,17H2,1H3,(H,18,19). The smallest absolute Gasteiger partial charge is 0.293 e. The van der Waals surface area contributed by atoms with Gasteiger partial charge in [0.15, 0.2) is 5.82 Å². The maximum absolute atomic E-state index is 13.8. The van der Waals surface area contributed by atoms with Crippen molar-refractivity contribution in [1.82, 2.24) is 9.55 Å². The van der Waals surface area contributed by atoms with E-state index in [4.69, 9.17) is 5.73 Å². The molecule has 0 bridgehead atoms. The number of aromatic nitrogens is 2. The molecule has 0 atom stereocenters. The van der Waals surface area contributed by atoms with Crippen molar-refractivity contribution < 1.29 is 4.39 Å². The second-order valence-electron chi connectivity index (χ2n) is 4.76. The minimum Gasteiger partial charge on any atom is -0.361 e. The van der Waals surface area contributed by atoms with Crippen LogP contribution in [0.25, 0.3) is 0 Å². The topological polar surface area (TPSA) is 72.9 Å². The summed E-state index contributed by atoms with van der Waals surface area (Å²) in [6.07, 6.45) is 4.07. The molecule has 2 rings (SSSR count). The highest BCUT2D eigenvalue weighted by atomic mass is 19.1. The highest BCUT2D eigenvalue weighted by Crippen LogP contribution is 2.11. The van der Waals surface area contributed by atoms with Gasteiger partial charge in [-0.3, -0.25) is 4.79 Å². The lowest BCUT2D eigenvalue weighted by molar-refractivity contribution is 0.610. The van der Waals surface area contributed by atoms with Crippen LogP contribution in [0, 0.1) is 5.82 Å². The van der Waals surface area contributed by atoms with Gasteiger partial charge in [-0.15, -0.1) is 0 Å². The number of anilines is 1. The van der Waals surface area contributed by atoms with Gasteiger partial charge in [0.25, 0.3) is 5.56 Å². The second-order valence-corrected chi connectivity index (χ2v) is 4.76. The summed E-state index contributed by atoms with van der Waals surface area (Å²) < 4.78 is 15.4. The van der Waals surface area contributed by atoms with Crippen LogP contribution in [0.2, 0.25) is 0 Å². The van der Waals surface area contributed by atoms with Crippen LogP contribution in [0.5, 0.6) is 0 Å². The van der Waals surface area contributed by atoms with Crippen molar-refractivity contribution in [3.05, 3.63) is 57.9 Å². The molecule has 0 saturated heterocycles. The van der Waals surface area contributed by atoms with Gasteiger partial charge in [0.05, 0.1) is 0 Å². The number of hydrogen-bond donors (Lipinski definition) is 2. The van der Waals surface area contributed by atoms with Crippen molar-refractivity contribution in [2.45, 2.75) is 33.0 Å². The average molecular weight is 290 g/mol. The van der Waals surface area contributed by atoms with Crippen molar-refractivity contribution in [1.29, 1.82) is 0 Å². The molecule has 1 aromatic heterocycles. The van der Waals surface area contributed by atoms with Crippen molar-refractivity contribution in [3.8, 4) is 0 Å². The third-order valence-corrected chi connectivity index (χ3v) is 3.18. The lowest BCUT2D eigenvalue weighted by Gasteiger charge is -2.09. The van der Waals surface area contributed by atoms with Gasteiger partial charge in [-0.25, -0.2) is 9.37 Å². The van der Waals surface area contributed by atoms with Gasteiger partial charge in [0.2, 0.25) is 0 Å². The molecule has 0 radical (unpaired) electrons. The summed E-state index contributed by atoms with van der Waals surface area (Å²) in [7, 11) is 0. The maximum atomic E-state index is 13.8. The number of halogens is 1. The third kappa shape index (κ3) is 3.66. The Morgan fingerprint density at radius 2 is 2.24 bits per heavy atom. The Hall–Kier alpha value is -2.21. The van der Waals surface area contributed by atoms with Gasteiger partial charge in [0.1, 0.15) is 5.82 Å². The molecule has 1 aromatic carbocycles. The van der Waals surface area contributed by atoms with E-state index in [2.05, 4.69) is 10.3 Å². The van der Waals surface area contributed by atoms with Gasteiger partial charge < -0.3 is 15.6 Å². The second kappa shape index (κ2) is 6.99. The fourth-order valence-electron chi connectivity index (χ4n) is 2.03. The summed E-state index contributed by atoms with van der Waals surface area (Å²) in [5.41, 5.74) is 6.47. The minimum absolute atomic E-state index is 0.196. The molecule has 2 aromatic rings. The van der Waals surface area contributed by atoms with Crippen LogP contribution in [-0.4, -0.2) is 9.55 Å². The Labute approximate surface area is 122 Å². The molecule has 0 spiro atoms. The number of nitrogens with one attached hydrogen (secondary N) is 1. The van der Waals surface area contributed by atoms with Crippen LogP contribution in [0.3, 0.4) is 0 Å². The summed E-state index contributed by atoms with van der Waals surface area (Å²) in [6.45, 7) is 3.13. The first-order chi connectivity index (χ1) is 10.2. The molecule has 21 heavy (non-hydrogen) atoms. The molecule has 3 N–H and O–H groups in total. The van der Waals surface area contributed by atoms with E-state index in [0.29, 0.717) is 18.7 Å². The molecule has 0 fully saturated rings. The predicted molar refractivity (Wildman–Crippen MR) is 80.4 cm³/mol. The first kappa shape index (κ1) is 15.2. The minimum atomic E-state index is -0.338. The van der Waals surface area contributed by atoms with E-state index in [0.717, 1.165) is 12.0 Å². The lowest BCUT2D eigenvalue weighted by Crippen LogP contribution is -2.24.